The highest BCUT2D eigenvalue weighted by Crippen LogP contribution is 2.47. The second-order valence-corrected chi connectivity index (χ2v) is 20.0. The normalized spacial score (nSPS) is 16.3. The Morgan fingerprint density at radius 2 is 0.864 bits per heavy atom. The van der Waals surface area contributed by atoms with Crippen molar-refractivity contribution in [3.8, 4) is 35.2 Å². The number of rotatable bonds is 17. The molecule has 9 nitrogen and oxygen atoms in total. The van der Waals surface area contributed by atoms with Gasteiger partial charge in [0.1, 0.15) is 43.7 Å². The van der Waals surface area contributed by atoms with Crippen molar-refractivity contribution in [2.24, 2.45) is 0 Å². The fourth-order valence-corrected chi connectivity index (χ4v) is 9.92. The van der Waals surface area contributed by atoms with Crippen LogP contribution in [-0.4, -0.2) is 92.3 Å². The SMILES string of the molecule is CCC(CC)(c1ccc(C#CC(O)(C(F)(F)F)C(F)(F)F)c(C)c1)c1ccc(OC[C@H]2CCC(=O)O2)c(C)c1.CCC(CC)(c1ccc(C#CC(OCOC)(C(F)(F)F)C(F)(F)F)c(C)c1)c1ccc(OC[C@H]2CCC(=O)O2)c(C)c1. The maximum atomic E-state index is 13.7. The summed E-state index contributed by atoms with van der Waals surface area (Å²) in [7, 11) is 0.915. The van der Waals surface area contributed by atoms with Gasteiger partial charge in [-0.2, -0.15) is 52.7 Å². The first-order valence-corrected chi connectivity index (χ1v) is 26.0. The number of aliphatic hydroxyl groups is 1. The van der Waals surface area contributed by atoms with Gasteiger partial charge in [0.05, 0.1) is 0 Å². The Labute approximate surface area is 463 Å². The molecule has 0 amide bonds. The van der Waals surface area contributed by atoms with Crippen LogP contribution in [0.5, 0.6) is 11.5 Å². The lowest BCUT2D eigenvalue weighted by Gasteiger charge is -2.34. The molecule has 2 saturated heterocycles. The van der Waals surface area contributed by atoms with Crippen LogP contribution in [0.3, 0.4) is 0 Å². The second-order valence-electron chi connectivity index (χ2n) is 20.0. The fourth-order valence-electron chi connectivity index (χ4n) is 9.92. The second kappa shape index (κ2) is 25.8. The zero-order valence-electron chi connectivity index (χ0n) is 46.1. The summed E-state index contributed by atoms with van der Waals surface area (Å²) in [5, 5.41) is 9.35. The fraction of sp³-hybridized carbons (Fsp3) is 0.500. The molecule has 0 saturated carbocycles. The largest absolute Gasteiger partial charge is 0.489 e. The van der Waals surface area contributed by atoms with Crippen LogP contribution in [0.2, 0.25) is 0 Å². The average molecular weight is 1160 g/mol. The number of hydrogen-bond acceptors (Lipinski definition) is 9. The molecule has 0 unspecified atom stereocenters. The Kier molecular flexibility index (Phi) is 20.8. The Balaban J connectivity index is 0.000000298. The summed E-state index contributed by atoms with van der Waals surface area (Å²) in [5.41, 5.74) is -4.76. The van der Waals surface area contributed by atoms with Crippen molar-refractivity contribution < 1.29 is 95.8 Å². The standard InChI is InChI=1S/C31H34F6O5.C29H30F6O4/c1-6-28(7-2,24-10-12-26(21(4)17-24)40-18-25-11-13-27(38)42-25)23-9-8-22(20(3)16-23)14-15-29(30(32,33)34,31(35,36)37)41-19-39-5;1-5-26(6-2,22-9-11-24(19(4)16-22)38-17-23-10-12-25(36)39-23)21-8-7-20(18(3)15-21)13-14-27(37,28(30,31)32)29(33,34)35/h8-10,12,16-17,25H,6-7,11,13,18-19H2,1-5H3;7-9,11,15-16,23,37H,5-6,10,12,17H2,1-4H3/t25-;23-/m11/s1. The number of ether oxygens (including phenoxy) is 6. The van der Waals surface area contributed by atoms with E-state index in [1.165, 1.54) is 18.1 Å². The van der Waals surface area contributed by atoms with Gasteiger partial charge in [0.25, 0.3) is 0 Å². The summed E-state index contributed by atoms with van der Waals surface area (Å²) >= 11 is 0. The van der Waals surface area contributed by atoms with E-state index in [0.717, 1.165) is 46.4 Å². The first-order valence-electron chi connectivity index (χ1n) is 26.0. The third-order valence-electron chi connectivity index (χ3n) is 15.0. The zero-order valence-corrected chi connectivity index (χ0v) is 46.1. The summed E-state index contributed by atoms with van der Waals surface area (Å²) in [6, 6.07) is 21.1. The van der Waals surface area contributed by atoms with Crippen molar-refractivity contribution in [1.82, 2.24) is 0 Å². The van der Waals surface area contributed by atoms with Crippen molar-refractivity contribution in [3.63, 3.8) is 0 Å². The molecule has 4 aromatic rings. The minimum atomic E-state index is -6.01. The molecule has 2 atom stereocenters. The highest BCUT2D eigenvalue weighted by Gasteiger charge is 2.73. The average Bonchev–Trinajstić information content (AvgIpc) is 4.12. The van der Waals surface area contributed by atoms with Gasteiger partial charge < -0.3 is 33.5 Å². The minimum Gasteiger partial charge on any atom is -0.489 e. The molecular formula is C60H64F12O9. The third-order valence-corrected chi connectivity index (χ3v) is 15.0. The molecule has 0 aromatic heterocycles. The maximum Gasteiger partial charge on any atom is 0.438 e. The van der Waals surface area contributed by atoms with Crippen molar-refractivity contribution in [3.05, 3.63) is 128 Å². The van der Waals surface area contributed by atoms with Crippen LogP contribution in [0.15, 0.2) is 72.8 Å². The summed E-state index contributed by atoms with van der Waals surface area (Å²) in [4.78, 5) is 22.7. The molecule has 0 aliphatic carbocycles. The first kappa shape index (κ1) is 65.4. The van der Waals surface area contributed by atoms with Crippen molar-refractivity contribution >= 4 is 11.9 Å². The van der Waals surface area contributed by atoms with E-state index in [1.807, 2.05) is 83.9 Å². The predicted molar refractivity (Wildman–Crippen MR) is 275 cm³/mol. The minimum absolute atomic E-state index is 0.00582. The van der Waals surface area contributed by atoms with E-state index in [9.17, 15) is 67.4 Å². The molecule has 0 bridgehead atoms. The van der Waals surface area contributed by atoms with E-state index in [0.29, 0.717) is 74.0 Å². The lowest BCUT2D eigenvalue weighted by molar-refractivity contribution is -0.368. The van der Waals surface area contributed by atoms with E-state index in [4.69, 9.17) is 18.9 Å². The predicted octanol–water partition coefficient (Wildman–Crippen LogP) is 14.0. The van der Waals surface area contributed by atoms with Gasteiger partial charge in [-0.05, 0) is 147 Å². The lowest BCUT2D eigenvalue weighted by Crippen LogP contribution is -2.58. The Bertz CT molecular complexity index is 2960. The number of hydrogen-bond donors (Lipinski definition) is 1. The monoisotopic (exact) mass is 1160 g/mol. The number of carbonyl (C=O) groups is 2. The summed E-state index contributed by atoms with van der Waals surface area (Å²) < 4.78 is 191. The summed E-state index contributed by atoms with van der Waals surface area (Å²) in [6.07, 6.45) is -19.7. The Hall–Kier alpha value is -6.42. The quantitative estimate of drug-likeness (QED) is 0.0478. The van der Waals surface area contributed by atoms with E-state index in [1.54, 1.807) is 38.1 Å². The molecule has 0 spiro atoms. The smallest absolute Gasteiger partial charge is 0.438 e. The van der Waals surface area contributed by atoms with Crippen molar-refractivity contribution in [2.75, 3.05) is 27.1 Å². The third kappa shape index (κ3) is 14.3. The molecule has 6 rings (SSSR count). The van der Waals surface area contributed by atoms with Crippen LogP contribution in [0, 0.1) is 51.4 Å². The molecule has 2 fully saturated rings. The number of carbonyl (C=O) groups excluding carboxylic acids is 2. The molecule has 442 valence electrons. The number of cyclic esters (lactones) is 2. The Morgan fingerprint density at radius 3 is 1.15 bits per heavy atom. The van der Waals surface area contributed by atoms with Crippen LogP contribution < -0.4 is 9.47 Å². The zero-order chi connectivity index (χ0) is 60.6. The molecule has 1 N–H and O–H groups in total. The molecule has 21 heteroatoms. The van der Waals surface area contributed by atoms with Crippen LogP contribution >= 0.6 is 0 Å². The molecule has 2 aliphatic rings. The van der Waals surface area contributed by atoms with Crippen LogP contribution in [0.25, 0.3) is 0 Å². The molecule has 81 heavy (non-hydrogen) atoms. The van der Waals surface area contributed by atoms with Gasteiger partial charge in [-0.25, -0.2) is 0 Å². The van der Waals surface area contributed by atoms with E-state index in [-0.39, 0.29) is 48.5 Å². The molecule has 0 radical (unpaired) electrons. The van der Waals surface area contributed by atoms with Crippen LogP contribution in [0.1, 0.15) is 135 Å². The summed E-state index contributed by atoms with van der Waals surface area (Å²) in [6.45, 7) is 14.2. The van der Waals surface area contributed by atoms with Gasteiger partial charge in [-0.1, -0.05) is 88.1 Å². The number of methoxy groups -OCH3 is 1. The summed E-state index contributed by atoms with van der Waals surface area (Å²) in [5.74, 6) is 7.12. The number of benzene rings is 4. The lowest BCUT2D eigenvalue weighted by atomic mass is 9.70. The number of halogens is 12. The first-order chi connectivity index (χ1) is 37.7. The topological polar surface area (TPSA) is 110 Å². The maximum absolute atomic E-state index is 13.7. The number of aryl methyl sites for hydroxylation is 4. The van der Waals surface area contributed by atoms with Gasteiger partial charge in [0.15, 0.2) is 0 Å². The van der Waals surface area contributed by atoms with Gasteiger partial charge >= 0.3 is 47.8 Å². The van der Waals surface area contributed by atoms with Gasteiger partial charge in [0, 0.05) is 41.9 Å². The molecule has 2 heterocycles. The highest BCUT2D eigenvalue weighted by atomic mass is 19.4. The van der Waals surface area contributed by atoms with Gasteiger partial charge in [0.2, 0.25) is 0 Å². The van der Waals surface area contributed by atoms with E-state index in [2.05, 4.69) is 15.4 Å². The number of alkyl halides is 12. The van der Waals surface area contributed by atoms with Gasteiger partial charge in [-0.15, -0.1) is 0 Å². The number of esters is 2. The van der Waals surface area contributed by atoms with E-state index >= 15 is 0 Å². The van der Waals surface area contributed by atoms with Crippen molar-refractivity contribution in [2.45, 2.75) is 166 Å². The molecule has 2 aliphatic heterocycles. The Morgan fingerprint density at radius 1 is 0.519 bits per heavy atom. The van der Waals surface area contributed by atoms with Crippen LogP contribution in [-0.2, 0) is 39.4 Å². The van der Waals surface area contributed by atoms with Crippen LogP contribution in [0.4, 0.5) is 52.7 Å². The highest BCUT2D eigenvalue weighted by molar-refractivity contribution is 5.72. The van der Waals surface area contributed by atoms with Crippen molar-refractivity contribution in [1.29, 1.82) is 0 Å². The molecular weight excluding hydrogens is 1090 g/mol. The molecule has 4 aromatic carbocycles. The van der Waals surface area contributed by atoms with E-state index < -0.39 is 53.5 Å². The van der Waals surface area contributed by atoms with Gasteiger partial charge in [-0.3, -0.25) is 9.59 Å².